The minimum absolute atomic E-state index is 0.0278. The number of aliphatic hydroxyl groups excluding tert-OH is 2. The van der Waals surface area contributed by atoms with Gasteiger partial charge in [0.15, 0.2) is 5.78 Å². The lowest BCUT2D eigenvalue weighted by molar-refractivity contribution is -0.112. The fourth-order valence-electron chi connectivity index (χ4n) is 2.62. The number of rotatable bonds is 15. The fourth-order valence-corrected chi connectivity index (χ4v) is 2.62. The number of carbonyl (C=O) groups excluding carboxylic acids is 1. The van der Waals surface area contributed by atoms with Gasteiger partial charge in [-0.25, -0.2) is 0 Å². The van der Waals surface area contributed by atoms with Gasteiger partial charge in [0, 0.05) is 11.8 Å². The zero-order valence-corrected chi connectivity index (χ0v) is 20.4. The summed E-state index contributed by atoms with van der Waals surface area (Å²) in [7, 11) is 0. The molecule has 0 saturated heterocycles. The molecule has 0 amide bonds. The Labute approximate surface area is 200 Å². The number of carbonyl (C=O) groups is 1. The van der Waals surface area contributed by atoms with Crippen LogP contribution in [-0.2, 0) is 4.79 Å². The molecule has 0 rings (SSSR count). The molecule has 0 bridgehead atoms. The lowest BCUT2D eigenvalue weighted by Gasteiger charge is -2.25. The van der Waals surface area contributed by atoms with Crippen LogP contribution in [0.2, 0.25) is 0 Å². The number of ketones is 1. The van der Waals surface area contributed by atoms with E-state index in [1.807, 2.05) is 112 Å². The van der Waals surface area contributed by atoms with E-state index in [2.05, 4.69) is 0 Å². The number of allylic oxidation sites excluding steroid dienone is 18. The van der Waals surface area contributed by atoms with Crippen LogP contribution in [0.25, 0.3) is 0 Å². The van der Waals surface area contributed by atoms with Crippen LogP contribution in [0.1, 0.15) is 34.1 Å². The van der Waals surface area contributed by atoms with Gasteiger partial charge in [-0.1, -0.05) is 129 Å². The zero-order chi connectivity index (χ0) is 24.7. The summed E-state index contributed by atoms with van der Waals surface area (Å²) >= 11 is 0. The van der Waals surface area contributed by atoms with Crippen molar-refractivity contribution in [3.05, 3.63) is 122 Å². The van der Waals surface area contributed by atoms with Gasteiger partial charge in [-0.3, -0.25) is 4.79 Å². The summed E-state index contributed by atoms with van der Waals surface area (Å²) in [6.45, 7) is 7.28. The molecule has 0 aliphatic heterocycles. The normalized spacial score (nSPS) is 17.8. The summed E-state index contributed by atoms with van der Waals surface area (Å²) in [6, 6.07) is 0. The van der Waals surface area contributed by atoms with Gasteiger partial charge in [0.2, 0.25) is 0 Å². The Morgan fingerprint density at radius 3 is 1.79 bits per heavy atom. The Bertz CT molecular complexity index is 813. The molecular weight excluding hydrogens is 408 g/mol. The quantitative estimate of drug-likeness (QED) is 0.170. The smallest absolute Gasteiger partial charge is 0.152 e. The van der Waals surface area contributed by atoms with E-state index in [0.717, 1.165) is 6.42 Å². The molecule has 0 spiro atoms. The standard InChI is InChI=1S/C30H40O3/c1-5-6-7-8-9-11-16-19-22-25-29(32)28(4)30(33)26(2)23-20-17-14-12-10-13-15-18-21-24-27(3)31/h5-16,18-26,28-30,32-33H,17H2,1-4H3/b6-5+,8-7+,11-9+,13-10+,14-12+,18-15+,19-16+,23-20+,24-21+,25-22+. The summed E-state index contributed by atoms with van der Waals surface area (Å²) in [5, 5.41) is 20.9. The SMILES string of the molecule is C/C=C/C=C/C=C/C=C/C=C/C(O)C(C)C(O)C(C)/C=C/C/C=C/C=C/C=C/C=C/C(C)=O. The highest BCUT2D eigenvalue weighted by atomic mass is 16.3. The first kappa shape index (κ1) is 30.0. The second-order valence-electron chi connectivity index (χ2n) is 7.60. The molecule has 0 aliphatic carbocycles. The molecule has 0 aromatic rings. The van der Waals surface area contributed by atoms with Crippen LogP contribution in [0.4, 0.5) is 0 Å². The molecule has 0 heterocycles. The average molecular weight is 449 g/mol. The van der Waals surface area contributed by atoms with Crippen LogP contribution in [0, 0.1) is 11.8 Å². The Morgan fingerprint density at radius 1 is 0.697 bits per heavy atom. The summed E-state index contributed by atoms with van der Waals surface area (Å²) in [6.07, 6.45) is 36.9. The predicted octanol–water partition coefficient (Wildman–Crippen LogP) is 6.54. The maximum absolute atomic E-state index is 10.8. The Balaban J connectivity index is 4.38. The lowest BCUT2D eigenvalue weighted by Crippen LogP contribution is -2.32. The van der Waals surface area contributed by atoms with Crippen molar-refractivity contribution in [1.82, 2.24) is 0 Å². The molecule has 0 saturated carbocycles. The average Bonchev–Trinajstić information content (AvgIpc) is 2.79. The van der Waals surface area contributed by atoms with E-state index >= 15 is 0 Å². The van der Waals surface area contributed by atoms with Gasteiger partial charge in [0.1, 0.15) is 0 Å². The van der Waals surface area contributed by atoms with E-state index in [4.69, 9.17) is 0 Å². The second-order valence-corrected chi connectivity index (χ2v) is 7.60. The van der Waals surface area contributed by atoms with E-state index in [1.165, 1.54) is 13.0 Å². The van der Waals surface area contributed by atoms with Crippen molar-refractivity contribution < 1.29 is 15.0 Å². The third kappa shape index (κ3) is 18.3. The van der Waals surface area contributed by atoms with Crippen molar-refractivity contribution >= 4 is 5.78 Å². The summed E-state index contributed by atoms with van der Waals surface area (Å²) in [4.78, 5) is 10.8. The molecule has 3 heteroatoms. The van der Waals surface area contributed by atoms with Gasteiger partial charge in [-0.15, -0.1) is 0 Å². The van der Waals surface area contributed by atoms with Gasteiger partial charge in [0.25, 0.3) is 0 Å². The van der Waals surface area contributed by atoms with Crippen LogP contribution < -0.4 is 0 Å². The van der Waals surface area contributed by atoms with Gasteiger partial charge in [0.05, 0.1) is 12.2 Å². The minimum atomic E-state index is -0.720. The van der Waals surface area contributed by atoms with Crippen molar-refractivity contribution in [1.29, 1.82) is 0 Å². The van der Waals surface area contributed by atoms with Crippen molar-refractivity contribution in [3.8, 4) is 0 Å². The summed E-state index contributed by atoms with van der Waals surface area (Å²) < 4.78 is 0. The summed E-state index contributed by atoms with van der Waals surface area (Å²) in [5.41, 5.74) is 0. The summed E-state index contributed by atoms with van der Waals surface area (Å²) in [5.74, 6) is -0.318. The van der Waals surface area contributed by atoms with E-state index in [0.29, 0.717) is 0 Å². The molecule has 3 nitrogen and oxygen atoms in total. The minimum Gasteiger partial charge on any atom is -0.392 e. The molecule has 0 fully saturated rings. The first-order valence-corrected chi connectivity index (χ1v) is 11.4. The van der Waals surface area contributed by atoms with Crippen LogP contribution in [0.3, 0.4) is 0 Å². The topological polar surface area (TPSA) is 57.5 Å². The maximum atomic E-state index is 10.8. The van der Waals surface area contributed by atoms with Crippen LogP contribution in [0.15, 0.2) is 122 Å². The molecule has 4 atom stereocenters. The van der Waals surface area contributed by atoms with Gasteiger partial charge >= 0.3 is 0 Å². The van der Waals surface area contributed by atoms with E-state index in [9.17, 15) is 15.0 Å². The molecule has 0 radical (unpaired) electrons. The predicted molar refractivity (Wildman–Crippen MR) is 143 cm³/mol. The van der Waals surface area contributed by atoms with Crippen molar-refractivity contribution in [2.24, 2.45) is 11.8 Å². The number of hydrogen-bond donors (Lipinski definition) is 2. The highest BCUT2D eigenvalue weighted by molar-refractivity contribution is 5.87. The zero-order valence-electron chi connectivity index (χ0n) is 20.4. The van der Waals surface area contributed by atoms with E-state index in [-0.39, 0.29) is 17.6 Å². The van der Waals surface area contributed by atoms with Crippen LogP contribution >= 0.6 is 0 Å². The molecule has 4 unspecified atom stereocenters. The third-order valence-electron chi connectivity index (χ3n) is 4.63. The van der Waals surface area contributed by atoms with Crippen LogP contribution in [-0.4, -0.2) is 28.2 Å². The molecule has 0 aromatic carbocycles. The molecule has 0 aliphatic rings. The maximum Gasteiger partial charge on any atom is 0.152 e. The second kappa shape index (κ2) is 20.9. The fraction of sp³-hybridized carbons (Fsp3) is 0.300. The molecule has 178 valence electrons. The molecule has 33 heavy (non-hydrogen) atoms. The Morgan fingerprint density at radius 2 is 1.21 bits per heavy atom. The molecular formula is C30H40O3. The molecule has 2 N–H and O–H groups in total. The van der Waals surface area contributed by atoms with E-state index in [1.54, 1.807) is 24.3 Å². The number of aliphatic hydroxyl groups is 2. The Kier molecular flexibility index (Phi) is 19.0. The molecule has 0 aromatic heterocycles. The van der Waals surface area contributed by atoms with Crippen molar-refractivity contribution in [2.75, 3.05) is 0 Å². The monoisotopic (exact) mass is 448 g/mol. The first-order valence-electron chi connectivity index (χ1n) is 11.4. The Hall–Kier alpha value is -3.01. The van der Waals surface area contributed by atoms with Crippen molar-refractivity contribution in [3.63, 3.8) is 0 Å². The largest absolute Gasteiger partial charge is 0.392 e. The lowest BCUT2D eigenvalue weighted by atomic mass is 9.88. The van der Waals surface area contributed by atoms with Gasteiger partial charge in [-0.2, -0.15) is 0 Å². The number of hydrogen-bond acceptors (Lipinski definition) is 3. The highest BCUT2D eigenvalue weighted by Gasteiger charge is 2.24. The third-order valence-corrected chi connectivity index (χ3v) is 4.63. The van der Waals surface area contributed by atoms with E-state index < -0.39 is 12.2 Å². The van der Waals surface area contributed by atoms with Crippen molar-refractivity contribution in [2.45, 2.75) is 46.3 Å². The van der Waals surface area contributed by atoms with Gasteiger partial charge in [-0.05, 0) is 26.3 Å². The highest BCUT2D eigenvalue weighted by Crippen LogP contribution is 2.19. The van der Waals surface area contributed by atoms with Gasteiger partial charge < -0.3 is 10.2 Å². The van der Waals surface area contributed by atoms with Crippen LogP contribution in [0.5, 0.6) is 0 Å². The first-order chi connectivity index (χ1) is 15.9.